The van der Waals surface area contributed by atoms with E-state index in [1.807, 2.05) is 33.9 Å². The van der Waals surface area contributed by atoms with Gasteiger partial charge in [0.15, 0.2) is 39.2 Å². The molecule has 2 heterocycles. The van der Waals surface area contributed by atoms with Gasteiger partial charge in [-0.15, -0.1) is 0 Å². The lowest BCUT2D eigenvalue weighted by molar-refractivity contribution is -0.353. The average molecular weight is 722 g/mol. The third kappa shape index (κ3) is 12.0. The van der Waals surface area contributed by atoms with Gasteiger partial charge in [-0.25, -0.2) is 0 Å². The highest BCUT2D eigenvalue weighted by molar-refractivity contribution is 6.74. The topological polar surface area (TPSA) is 221 Å². The first kappa shape index (κ1) is 42.0. The van der Waals surface area contributed by atoms with E-state index >= 15 is 0 Å². The van der Waals surface area contributed by atoms with Gasteiger partial charge in [-0.2, -0.15) is 0 Å². The van der Waals surface area contributed by atoms with Crippen molar-refractivity contribution in [3.8, 4) is 0 Å². The summed E-state index contributed by atoms with van der Waals surface area (Å²) in [6.45, 7) is 15.1. The van der Waals surface area contributed by atoms with Gasteiger partial charge >= 0.3 is 29.8 Å². The van der Waals surface area contributed by atoms with Gasteiger partial charge in [0.1, 0.15) is 31.0 Å². The summed E-state index contributed by atoms with van der Waals surface area (Å²) in [7, 11) is -1.16. The zero-order valence-corrected chi connectivity index (χ0v) is 31.0. The summed E-state index contributed by atoms with van der Waals surface area (Å²) < 4.78 is 58.3. The minimum atomic E-state index is -2.46. The molecule has 2 saturated heterocycles. The van der Waals surface area contributed by atoms with Gasteiger partial charge in [-0.1, -0.05) is 20.8 Å². The number of carbonyl (C=O) groups is 6. The number of ether oxygens (including phenoxy) is 9. The second-order valence-corrected chi connectivity index (χ2v) is 18.2. The first-order valence-corrected chi connectivity index (χ1v) is 18.7. The zero-order chi connectivity index (χ0) is 37.4. The summed E-state index contributed by atoms with van der Waals surface area (Å²) in [6, 6.07) is 0. The van der Waals surface area contributed by atoms with Gasteiger partial charge in [-0.3, -0.25) is 28.8 Å². The molecule has 2 fully saturated rings. The van der Waals surface area contributed by atoms with Crippen molar-refractivity contribution in [2.75, 3.05) is 20.3 Å². The second kappa shape index (κ2) is 17.7. The van der Waals surface area contributed by atoms with E-state index in [-0.39, 0.29) is 18.1 Å². The van der Waals surface area contributed by atoms with Crippen LogP contribution in [0.15, 0.2) is 0 Å². The number of esters is 5. The van der Waals surface area contributed by atoms with Crippen LogP contribution in [0.5, 0.6) is 0 Å². The molecule has 0 spiro atoms. The molecule has 0 aromatic rings. The molecule has 0 unspecified atom stereocenters. The number of methoxy groups -OCH3 is 1. The minimum absolute atomic E-state index is 0.166. The highest BCUT2D eigenvalue weighted by atomic mass is 28.4. The molecule has 0 bridgehead atoms. The number of hydrogen-bond donors (Lipinski definition) is 1. The summed E-state index contributed by atoms with van der Waals surface area (Å²) >= 11 is 0. The number of primary amides is 1. The molecule has 0 radical (unpaired) electrons. The first-order valence-electron chi connectivity index (χ1n) is 15.8. The molecular weight excluding hydrogens is 670 g/mol. The maximum Gasteiger partial charge on any atom is 0.303 e. The zero-order valence-electron chi connectivity index (χ0n) is 30.0. The monoisotopic (exact) mass is 721 g/mol. The van der Waals surface area contributed by atoms with E-state index in [2.05, 4.69) is 0 Å². The maximum absolute atomic E-state index is 12.4. The van der Waals surface area contributed by atoms with Crippen LogP contribution in [0.4, 0.5) is 0 Å². The molecule has 2 N–H and O–H groups in total. The maximum atomic E-state index is 12.4. The fourth-order valence-electron chi connectivity index (χ4n) is 5.24. The lowest BCUT2D eigenvalue weighted by Gasteiger charge is -2.49. The third-order valence-electron chi connectivity index (χ3n) is 8.40. The Balaban J connectivity index is 2.74. The van der Waals surface area contributed by atoms with E-state index in [1.165, 1.54) is 14.0 Å². The normalized spacial score (nSPS) is 30.4. The Kier molecular flexibility index (Phi) is 15.1. The molecule has 0 aliphatic carbocycles. The molecule has 49 heavy (non-hydrogen) atoms. The number of nitrogens with two attached hydrogens (primary N) is 1. The Hall–Kier alpha value is -3.16. The predicted octanol–water partition coefficient (Wildman–Crippen LogP) is 1.27. The van der Waals surface area contributed by atoms with E-state index in [9.17, 15) is 28.8 Å². The van der Waals surface area contributed by atoms with Gasteiger partial charge in [-0.05, 0) is 18.1 Å². The Morgan fingerprint density at radius 2 is 1.12 bits per heavy atom. The second-order valence-electron chi connectivity index (χ2n) is 13.4. The Morgan fingerprint density at radius 1 is 0.653 bits per heavy atom. The average Bonchev–Trinajstić information content (AvgIpc) is 2.94. The highest BCUT2D eigenvalue weighted by Gasteiger charge is 2.57. The van der Waals surface area contributed by atoms with Crippen molar-refractivity contribution >= 4 is 44.1 Å². The van der Waals surface area contributed by atoms with E-state index in [1.54, 1.807) is 0 Å². The summed E-state index contributed by atoms with van der Waals surface area (Å²) in [5, 5.41) is -0.238. The number of amides is 1. The van der Waals surface area contributed by atoms with Crippen molar-refractivity contribution in [1.82, 2.24) is 0 Å². The molecule has 1 amide bonds. The van der Waals surface area contributed by atoms with E-state index in [0.29, 0.717) is 0 Å². The van der Waals surface area contributed by atoms with Crippen LogP contribution in [0, 0.1) is 5.92 Å². The van der Waals surface area contributed by atoms with E-state index < -0.39 is 112 Å². The van der Waals surface area contributed by atoms with E-state index in [0.717, 1.165) is 27.7 Å². The summed E-state index contributed by atoms with van der Waals surface area (Å²) in [6.07, 6.45) is -12.7. The fourth-order valence-corrected chi connectivity index (χ4v) is 6.26. The molecule has 18 heteroatoms. The molecule has 2 rings (SSSR count). The van der Waals surface area contributed by atoms with Crippen molar-refractivity contribution in [2.24, 2.45) is 11.7 Å². The van der Waals surface area contributed by atoms with Crippen molar-refractivity contribution < 1.29 is 75.8 Å². The van der Waals surface area contributed by atoms with Crippen LogP contribution in [0.3, 0.4) is 0 Å². The molecule has 2 aliphatic rings. The number of hydrogen-bond acceptors (Lipinski definition) is 16. The number of carbonyl (C=O) groups excluding carboxylic acids is 6. The predicted molar refractivity (Wildman–Crippen MR) is 169 cm³/mol. The van der Waals surface area contributed by atoms with Gasteiger partial charge in [0.05, 0.1) is 12.5 Å². The lowest BCUT2D eigenvalue weighted by Crippen LogP contribution is -2.66. The fraction of sp³-hybridized carbons (Fsp3) is 0.806. The van der Waals surface area contributed by atoms with Crippen molar-refractivity contribution in [1.29, 1.82) is 0 Å². The minimum Gasteiger partial charge on any atom is -0.463 e. The van der Waals surface area contributed by atoms with Crippen LogP contribution in [-0.4, -0.2) is 120 Å². The van der Waals surface area contributed by atoms with E-state index in [4.69, 9.17) is 52.8 Å². The van der Waals surface area contributed by atoms with Gasteiger partial charge in [0, 0.05) is 48.1 Å². The molecule has 280 valence electrons. The Morgan fingerprint density at radius 3 is 1.59 bits per heavy atom. The van der Waals surface area contributed by atoms with Gasteiger partial charge in [0.25, 0.3) is 0 Å². The van der Waals surface area contributed by atoms with Gasteiger partial charge in [0.2, 0.25) is 5.91 Å². The summed E-state index contributed by atoms with van der Waals surface area (Å²) in [5.41, 5.74) is 5.53. The van der Waals surface area contributed by atoms with Crippen LogP contribution < -0.4 is 5.73 Å². The molecule has 0 saturated carbocycles. The highest BCUT2D eigenvalue weighted by Crippen LogP contribution is 2.39. The SMILES string of the molecule is CO[C@H]1O[C@H](COC(C)=O)[C@@H](O[C@@H]2O[C@H](CO[Si](C)(C)C(C)(C)C)[C@H](OC(C)=O)[C@H](OC(C)=O)[C@H]2OC(C)=O)[C@H](OC(C)=O)[C@@H]1CC(N)=O. The van der Waals surface area contributed by atoms with Crippen LogP contribution in [0.1, 0.15) is 61.8 Å². The van der Waals surface area contributed by atoms with Crippen molar-refractivity contribution in [3.63, 3.8) is 0 Å². The smallest absolute Gasteiger partial charge is 0.303 e. The summed E-state index contributed by atoms with van der Waals surface area (Å²) in [4.78, 5) is 73.6. The Bertz CT molecular complexity index is 1200. The molecule has 0 aromatic heterocycles. The molecule has 2 aliphatic heterocycles. The van der Waals surface area contributed by atoms with Crippen LogP contribution in [0.2, 0.25) is 18.1 Å². The largest absolute Gasteiger partial charge is 0.463 e. The lowest BCUT2D eigenvalue weighted by atomic mass is 9.87. The molecule has 10 atom stereocenters. The van der Waals surface area contributed by atoms with Crippen LogP contribution in [-0.2, 0) is 75.8 Å². The standard InChI is InChI=1S/C31H51NO16Si/c1-15(33)40-13-21-25(24(42-16(2)34)20(12-23(32)38)29(39-9)46-21)48-30-28(45-19(5)37)27(44-18(4)36)26(43-17(3)35)22(47-30)14-41-49(10,11)31(6,7)8/h20-22,24-30H,12-14H2,1-11H3,(H2,32,38)/t20-,21+,22+,24+,25+,26-,27-,28+,29-,30-/m0/s1. The Labute approximate surface area is 287 Å². The first-order chi connectivity index (χ1) is 22.6. The van der Waals surface area contributed by atoms with Crippen molar-refractivity contribution in [2.45, 2.75) is 135 Å². The van der Waals surface area contributed by atoms with Crippen LogP contribution in [0.25, 0.3) is 0 Å². The van der Waals surface area contributed by atoms with Crippen LogP contribution >= 0.6 is 0 Å². The van der Waals surface area contributed by atoms with Gasteiger partial charge < -0.3 is 52.8 Å². The molecule has 17 nitrogen and oxygen atoms in total. The third-order valence-corrected chi connectivity index (χ3v) is 12.9. The number of rotatable bonds is 14. The van der Waals surface area contributed by atoms with Crippen molar-refractivity contribution in [3.05, 3.63) is 0 Å². The molecule has 0 aromatic carbocycles. The quantitative estimate of drug-likeness (QED) is 0.152. The summed E-state index contributed by atoms with van der Waals surface area (Å²) in [5.74, 6) is -5.65. The molecular formula is C31H51NO16Si.